The van der Waals surface area contributed by atoms with Gasteiger partial charge in [-0.05, 0) is 19.8 Å². The molecule has 0 fully saturated rings. The van der Waals surface area contributed by atoms with Crippen LogP contribution in [0.4, 0.5) is 0 Å². The molecule has 3 N–H and O–H groups in total. The highest BCUT2D eigenvalue weighted by atomic mass is 32.2. The molecule has 0 aromatic carbocycles. The second-order valence-corrected chi connectivity index (χ2v) is 6.28. The third-order valence-corrected chi connectivity index (χ3v) is 4.30. The van der Waals surface area contributed by atoms with Gasteiger partial charge in [-0.15, -0.1) is 0 Å². The van der Waals surface area contributed by atoms with Crippen LogP contribution in [0.1, 0.15) is 26.6 Å². The predicted octanol–water partition coefficient (Wildman–Crippen LogP) is 0.473. The van der Waals surface area contributed by atoms with Gasteiger partial charge in [0.1, 0.15) is 5.82 Å². The zero-order valence-electron chi connectivity index (χ0n) is 11.3. The van der Waals surface area contributed by atoms with Gasteiger partial charge in [-0.2, -0.15) is 0 Å². The second kappa shape index (κ2) is 5.81. The summed E-state index contributed by atoms with van der Waals surface area (Å²) in [5.74, 6) is 0.825. The Balaban J connectivity index is 2.98. The Bertz CT molecular complexity index is 493. The highest BCUT2D eigenvalue weighted by Gasteiger charge is 2.24. The van der Waals surface area contributed by atoms with Gasteiger partial charge in [-0.25, -0.2) is 18.1 Å². The van der Waals surface area contributed by atoms with Gasteiger partial charge >= 0.3 is 0 Å². The quantitative estimate of drug-likeness (QED) is 0.789. The molecule has 1 aromatic rings. The van der Waals surface area contributed by atoms with Crippen LogP contribution >= 0.6 is 0 Å². The van der Waals surface area contributed by atoms with Crippen molar-refractivity contribution in [2.45, 2.75) is 45.3 Å². The van der Waals surface area contributed by atoms with E-state index >= 15 is 0 Å². The van der Waals surface area contributed by atoms with E-state index in [0.717, 1.165) is 0 Å². The van der Waals surface area contributed by atoms with E-state index in [4.69, 9.17) is 5.73 Å². The summed E-state index contributed by atoms with van der Waals surface area (Å²) in [7, 11) is -3.59. The van der Waals surface area contributed by atoms with Gasteiger partial charge in [0, 0.05) is 25.3 Å². The minimum Gasteiger partial charge on any atom is -0.334 e. The predicted molar refractivity (Wildman–Crippen MR) is 70.6 cm³/mol. The van der Waals surface area contributed by atoms with E-state index < -0.39 is 10.0 Å². The average molecular weight is 274 g/mol. The van der Waals surface area contributed by atoms with Crippen molar-refractivity contribution in [2.24, 2.45) is 11.7 Å². The van der Waals surface area contributed by atoms with Crippen molar-refractivity contribution in [2.75, 3.05) is 6.54 Å². The average Bonchev–Trinajstić information content (AvgIpc) is 2.68. The number of aryl methyl sites for hydroxylation is 2. The Labute approximate surface area is 109 Å². The van der Waals surface area contributed by atoms with Gasteiger partial charge in [-0.3, -0.25) is 0 Å². The van der Waals surface area contributed by atoms with Crippen molar-refractivity contribution in [3.63, 3.8) is 0 Å². The lowest BCUT2D eigenvalue weighted by atomic mass is 10.1. The first-order valence-electron chi connectivity index (χ1n) is 6.08. The molecule has 1 atom stereocenters. The maximum Gasteiger partial charge on any atom is 0.259 e. The lowest BCUT2D eigenvalue weighted by molar-refractivity contribution is 0.454. The zero-order chi connectivity index (χ0) is 13.9. The summed E-state index contributed by atoms with van der Waals surface area (Å²) in [6.07, 6.45) is 1.55. The van der Waals surface area contributed by atoms with E-state index in [0.29, 0.717) is 12.4 Å². The molecule has 0 spiro atoms. The van der Waals surface area contributed by atoms with Crippen molar-refractivity contribution in [3.05, 3.63) is 12.0 Å². The van der Waals surface area contributed by atoms with E-state index in [2.05, 4.69) is 9.71 Å². The molecule has 1 heterocycles. The van der Waals surface area contributed by atoms with E-state index in [-0.39, 0.29) is 23.5 Å². The van der Waals surface area contributed by atoms with Crippen molar-refractivity contribution in [1.29, 1.82) is 0 Å². The summed E-state index contributed by atoms with van der Waals surface area (Å²) in [6.45, 7) is 8.54. The van der Waals surface area contributed by atoms with Gasteiger partial charge in [0.25, 0.3) is 10.0 Å². The highest BCUT2D eigenvalue weighted by Crippen LogP contribution is 2.11. The first-order chi connectivity index (χ1) is 8.31. The maximum atomic E-state index is 12.1. The molecule has 7 heteroatoms. The second-order valence-electron chi connectivity index (χ2n) is 4.62. The molecule has 6 nitrogen and oxygen atoms in total. The summed E-state index contributed by atoms with van der Waals surface area (Å²) in [5, 5.41) is 0.0564. The number of nitrogens with two attached hydrogens (primary N) is 1. The highest BCUT2D eigenvalue weighted by molar-refractivity contribution is 7.89. The zero-order valence-corrected chi connectivity index (χ0v) is 12.2. The summed E-state index contributed by atoms with van der Waals surface area (Å²) >= 11 is 0. The molecular weight excluding hydrogens is 252 g/mol. The van der Waals surface area contributed by atoms with Crippen LogP contribution in [0.3, 0.4) is 0 Å². The number of imidazole rings is 1. The topological polar surface area (TPSA) is 90.0 Å². The Kier molecular flexibility index (Phi) is 4.89. The summed E-state index contributed by atoms with van der Waals surface area (Å²) in [5.41, 5.74) is 5.57. The molecule has 0 aliphatic rings. The molecule has 1 aromatic heterocycles. The fourth-order valence-corrected chi connectivity index (χ4v) is 3.05. The summed E-state index contributed by atoms with van der Waals surface area (Å²) in [6, 6.07) is -0.276. The molecule has 0 saturated heterocycles. The van der Waals surface area contributed by atoms with Crippen LogP contribution < -0.4 is 10.5 Å². The normalized spacial score (nSPS) is 14.1. The lowest BCUT2D eigenvalue weighted by Crippen LogP contribution is -2.43. The van der Waals surface area contributed by atoms with Crippen molar-refractivity contribution >= 4 is 10.0 Å². The number of nitrogens with zero attached hydrogens (tertiary/aromatic N) is 2. The fraction of sp³-hybridized carbons (Fsp3) is 0.727. The van der Waals surface area contributed by atoms with Crippen molar-refractivity contribution < 1.29 is 8.42 Å². The number of nitrogens with one attached hydrogen (secondary N) is 1. The van der Waals surface area contributed by atoms with Gasteiger partial charge in [-0.1, -0.05) is 13.8 Å². The fourth-order valence-electron chi connectivity index (χ4n) is 1.64. The molecular formula is C11H22N4O2S. The van der Waals surface area contributed by atoms with Crippen molar-refractivity contribution in [3.8, 4) is 0 Å². The Morgan fingerprint density at radius 2 is 2.11 bits per heavy atom. The summed E-state index contributed by atoms with van der Waals surface area (Å²) in [4.78, 5) is 4.07. The van der Waals surface area contributed by atoms with E-state index in [9.17, 15) is 8.42 Å². The van der Waals surface area contributed by atoms with Gasteiger partial charge < -0.3 is 10.3 Å². The van der Waals surface area contributed by atoms with Crippen LogP contribution in [-0.4, -0.2) is 30.6 Å². The number of rotatable bonds is 6. The first kappa shape index (κ1) is 15.1. The Morgan fingerprint density at radius 3 is 2.50 bits per heavy atom. The van der Waals surface area contributed by atoms with Crippen LogP contribution in [0.15, 0.2) is 11.2 Å². The molecule has 0 amide bonds. The minimum absolute atomic E-state index is 0.0564. The molecule has 0 aliphatic heterocycles. The number of sulfonamides is 1. The van der Waals surface area contributed by atoms with Crippen LogP contribution in [0, 0.1) is 12.8 Å². The molecule has 0 radical (unpaired) electrons. The Morgan fingerprint density at radius 1 is 1.50 bits per heavy atom. The number of hydrogen-bond acceptors (Lipinski definition) is 4. The Hall–Kier alpha value is -0.920. The van der Waals surface area contributed by atoms with Crippen LogP contribution in [-0.2, 0) is 16.6 Å². The molecule has 104 valence electrons. The van der Waals surface area contributed by atoms with E-state index in [1.807, 2.05) is 20.8 Å². The molecule has 18 heavy (non-hydrogen) atoms. The SMILES string of the molecule is CCn1cc(S(=O)(=O)NC(CN)C(C)C)nc1C. The van der Waals surface area contributed by atoms with E-state index in [1.54, 1.807) is 17.7 Å². The standard InChI is InChI=1S/C11H22N4O2S/c1-5-15-7-11(13-9(15)4)18(16,17)14-10(6-12)8(2)3/h7-8,10,14H,5-6,12H2,1-4H3. The maximum absolute atomic E-state index is 12.1. The smallest absolute Gasteiger partial charge is 0.259 e. The molecule has 1 rings (SSSR count). The lowest BCUT2D eigenvalue weighted by Gasteiger charge is -2.19. The largest absolute Gasteiger partial charge is 0.334 e. The van der Waals surface area contributed by atoms with Gasteiger partial charge in [0.05, 0.1) is 0 Å². The molecule has 0 bridgehead atoms. The monoisotopic (exact) mass is 274 g/mol. The molecule has 1 unspecified atom stereocenters. The van der Waals surface area contributed by atoms with Crippen LogP contribution in [0.25, 0.3) is 0 Å². The first-order valence-corrected chi connectivity index (χ1v) is 7.56. The molecule has 0 saturated carbocycles. The summed E-state index contributed by atoms with van der Waals surface area (Å²) < 4.78 is 28.7. The molecule has 0 aliphatic carbocycles. The van der Waals surface area contributed by atoms with Crippen LogP contribution in [0.5, 0.6) is 0 Å². The van der Waals surface area contributed by atoms with Gasteiger partial charge in [0.15, 0.2) is 5.03 Å². The third kappa shape index (κ3) is 3.30. The van der Waals surface area contributed by atoms with Gasteiger partial charge in [0.2, 0.25) is 0 Å². The van der Waals surface area contributed by atoms with E-state index in [1.165, 1.54) is 0 Å². The number of aromatic nitrogens is 2. The van der Waals surface area contributed by atoms with Crippen LogP contribution in [0.2, 0.25) is 0 Å². The van der Waals surface area contributed by atoms with Crippen molar-refractivity contribution in [1.82, 2.24) is 14.3 Å². The third-order valence-electron chi connectivity index (χ3n) is 2.94. The minimum atomic E-state index is -3.59. The number of hydrogen-bond donors (Lipinski definition) is 2.